The van der Waals surface area contributed by atoms with Crippen LogP contribution >= 0.6 is 23.2 Å². The smallest absolute Gasteiger partial charge is 0.169 e. The average Bonchev–Trinajstić information content (AvgIpc) is 2.42. The van der Waals surface area contributed by atoms with Crippen LogP contribution in [0.25, 0.3) is 0 Å². The van der Waals surface area contributed by atoms with Crippen molar-refractivity contribution in [1.82, 2.24) is 5.32 Å². The van der Waals surface area contributed by atoms with Gasteiger partial charge in [0.1, 0.15) is 0 Å². The number of Topliss-reactive ketones (excluding diaryl/α,β-unsaturated/α-hetero) is 1. The summed E-state index contributed by atoms with van der Waals surface area (Å²) in [5, 5.41) is 4.27. The van der Waals surface area contributed by atoms with Crippen LogP contribution in [0.4, 0.5) is 0 Å². The largest absolute Gasteiger partial charge is 0.317 e. The molecule has 2 rings (SSSR count). The Balaban J connectivity index is 2.30. The molecule has 0 radical (unpaired) electrons. The Bertz CT molecular complexity index is 462. The van der Waals surface area contributed by atoms with Crippen molar-refractivity contribution in [3.63, 3.8) is 0 Å². The maximum atomic E-state index is 12.8. The second-order valence-electron chi connectivity index (χ2n) is 5.24. The number of hydrogen-bond acceptors (Lipinski definition) is 2. The van der Waals surface area contributed by atoms with Crippen LogP contribution in [0.3, 0.4) is 0 Å². The van der Waals surface area contributed by atoms with Crippen LogP contribution in [-0.2, 0) is 0 Å². The van der Waals surface area contributed by atoms with Crippen molar-refractivity contribution >= 4 is 29.0 Å². The molecule has 2 nitrogen and oxygen atoms in total. The zero-order valence-electron chi connectivity index (χ0n) is 11.1. The van der Waals surface area contributed by atoms with Gasteiger partial charge in [-0.2, -0.15) is 0 Å². The molecule has 4 heteroatoms. The summed E-state index contributed by atoms with van der Waals surface area (Å²) < 4.78 is 0. The summed E-state index contributed by atoms with van der Waals surface area (Å²) >= 11 is 11.9. The van der Waals surface area contributed by atoms with Crippen LogP contribution in [0.15, 0.2) is 18.2 Å². The van der Waals surface area contributed by atoms with Gasteiger partial charge in [0, 0.05) is 11.0 Å². The Morgan fingerprint density at radius 2 is 1.95 bits per heavy atom. The second kappa shape index (κ2) is 6.25. The van der Waals surface area contributed by atoms with E-state index in [1.54, 1.807) is 18.2 Å². The average molecular weight is 300 g/mol. The highest BCUT2D eigenvalue weighted by atomic mass is 35.5. The predicted molar refractivity (Wildman–Crippen MR) is 80.2 cm³/mol. The van der Waals surface area contributed by atoms with E-state index >= 15 is 0 Å². The number of halogens is 2. The molecule has 0 saturated carbocycles. The van der Waals surface area contributed by atoms with Crippen LogP contribution in [0.1, 0.15) is 43.0 Å². The molecule has 0 unspecified atom stereocenters. The van der Waals surface area contributed by atoms with Gasteiger partial charge in [0.2, 0.25) is 0 Å². The number of nitrogens with one attached hydrogen (secondary N) is 1. The van der Waals surface area contributed by atoms with Gasteiger partial charge in [-0.15, -0.1) is 0 Å². The lowest BCUT2D eigenvalue weighted by Gasteiger charge is -2.36. The van der Waals surface area contributed by atoms with E-state index in [4.69, 9.17) is 23.2 Å². The molecule has 1 heterocycles. The Morgan fingerprint density at radius 1 is 1.26 bits per heavy atom. The van der Waals surface area contributed by atoms with Gasteiger partial charge in [-0.05, 0) is 50.6 Å². The molecule has 104 valence electrons. The first-order valence-electron chi connectivity index (χ1n) is 6.79. The van der Waals surface area contributed by atoms with Gasteiger partial charge < -0.3 is 5.32 Å². The first-order valence-corrected chi connectivity index (χ1v) is 7.55. The lowest BCUT2D eigenvalue weighted by molar-refractivity contribution is 0.0704. The van der Waals surface area contributed by atoms with Gasteiger partial charge >= 0.3 is 0 Å². The third-order valence-corrected chi connectivity index (χ3v) is 4.69. The normalized spacial score (nSPS) is 18.3. The molecular formula is C15H19Cl2NO. The van der Waals surface area contributed by atoms with E-state index in [0.29, 0.717) is 15.6 Å². The van der Waals surface area contributed by atoms with Gasteiger partial charge in [0.05, 0.1) is 10.0 Å². The molecule has 19 heavy (non-hydrogen) atoms. The van der Waals surface area contributed by atoms with Gasteiger partial charge in [0.25, 0.3) is 0 Å². The minimum Gasteiger partial charge on any atom is -0.317 e. The number of carbonyl (C=O) groups is 1. The van der Waals surface area contributed by atoms with Crippen LogP contribution in [0, 0.1) is 5.41 Å². The molecule has 1 aromatic rings. The highest BCUT2D eigenvalue weighted by Crippen LogP contribution is 2.38. The fraction of sp³-hybridized carbons (Fsp3) is 0.533. The Kier molecular flexibility index (Phi) is 4.88. The first-order chi connectivity index (χ1) is 9.09. The van der Waals surface area contributed by atoms with E-state index in [1.807, 2.05) is 0 Å². The molecule has 1 saturated heterocycles. The molecule has 1 aliphatic heterocycles. The van der Waals surface area contributed by atoms with E-state index in [1.165, 1.54) is 0 Å². The third-order valence-electron chi connectivity index (χ3n) is 3.95. The zero-order valence-corrected chi connectivity index (χ0v) is 12.7. The molecule has 0 aromatic heterocycles. The molecule has 0 atom stereocenters. The van der Waals surface area contributed by atoms with Gasteiger partial charge in [-0.1, -0.05) is 36.5 Å². The molecule has 1 aromatic carbocycles. The van der Waals surface area contributed by atoms with Crippen molar-refractivity contribution < 1.29 is 4.79 Å². The van der Waals surface area contributed by atoms with E-state index in [9.17, 15) is 4.79 Å². The lowest BCUT2D eigenvalue weighted by Crippen LogP contribution is -2.42. The van der Waals surface area contributed by atoms with Crippen molar-refractivity contribution in [1.29, 1.82) is 0 Å². The Hall–Kier alpha value is -0.570. The minimum atomic E-state index is -0.225. The molecule has 1 aliphatic rings. The maximum Gasteiger partial charge on any atom is 0.169 e. The van der Waals surface area contributed by atoms with Gasteiger partial charge in [0.15, 0.2) is 5.78 Å². The molecule has 0 amide bonds. The number of benzene rings is 1. The van der Waals surface area contributed by atoms with E-state index < -0.39 is 0 Å². The molecular weight excluding hydrogens is 281 g/mol. The SMILES string of the molecule is CCCC1(C(=O)c2ccc(Cl)c(Cl)c2)CCNCC1. The van der Waals surface area contributed by atoms with E-state index in [-0.39, 0.29) is 11.2 Å². The van der Waals surface area contributed by atoms with Crippen LogP contribution in [-0.4, -0.2) is 18.9 Å². The standard InChI is InChI=1S/C15H19Cl2NO/c1-2-5-15(6-8-18-9-7-15)14(19)11-3-4-12(16)13(17)10-11/h3-4,10,18H,2,5-9H2,1H3. The summed E-state index contributed by atoms with van der Waals surface area (Å²) in [6.07, 6.45) is 3.76. The topological polar surface area (TPSA) is 29.1 Å². The maximum absolute atomic E-state index is 12.8. The third kappa shape index (κ3) is 3.13. The van der Waals surface area contributed by atoms with Crippen molar-refractivity contribution in [2.24, 2.45) is 5.41 Å². The van der Waals surface area contributed by atoms with Crippen molar-refractivity contribution in [3.8, 4) is 0 Å². The first kappa shape index (κ1) is 14.8. The molecule has 1 N–H and O–H groups in total. The highest BCUT2D eigenvalue weighted by Gasteiger charge is 2.38. The molecule has 0 spiro atoms. The van der Waals surface area contributed by atoms with Gasteiger partial charge in [-0.3, -0.25) is 4.79 Å². The number of ketones is 1. The summed E-state index contributed by atoms with van der Waals surface area (Å²) in [6.45, 7) is 3.95. The van der Waals surface area contributed by atoms with Crippen molar-refractivity contribution in [3.05, 3.63) is 33.8 Å². The summed E-state index contributed by atoms with van der Waals surface area (Å²) in [5.41, 5.74) is 0.460. The highest BCUT2D eigenvalue weighted by molar-refractivity contribution is 6.42. The lowest BCUT2D eigenvalue weighted by atomic mass is 9.70. The Labute approximate surface area is 124 Å². The zero-order chi connectivity index (χ0) is 13.9. The molecule has 0 bridgehead atoms. The van der Waals surface area contributed by atoms with Crippen molar-refractivity contribution in [2.75, 3.05) is 13.1 Å². The summed E-state index contributed by atoms with van der Waals surface area (Å²) in [4.78, 5) is 12.8. The number of hydrogen-bond donors (Lipinski definition) is 1. The predicted octanol–water partition coefficient (Wildman–Crippen LogP) is 4.35. The number of rotatable bonds is 4. The van der Waals surface area contributed by atoms with Crippen LogP contribution in [0.5, 0.6) is 0 Å². The van der Waals surface area contributed by atoms with Crippen LogP contribution < -0.4 is 5.32 Å². The Morgan fingerprint density at radius 3 is 2.53 bits per heavy atom. The molecule has 0 aliphatic carbocycles. The monoisotopic (exact) mass is 299 g/mol. The summed E-state index contributed by atoms with van der Waals surface area (Å²) in [6, 6.07) is 5.19. The quantitative estimate of drug-likeness (QED) is 0.838. The number of carbonyl (C=O) groups excluding carboxylic acids is 1. The second-order valence-corrected chi connectivity index (χ2v) is 6.05. The van der Waals surface area contributed by atoms with Crippen molar-refractivity contribution in [2.45, 2.75) is 32.6 Å². The summed E-state index contributed by atoms with van der Waals surface area (Å²) in [5.74, 6) is 0.217. The fourth-order valence-electron chi connectivity index (χ4n) is 2.92. The van der Waals surface area contributed by atoms with Crippen LogP contribution in [0.2, 0.25) is 10.0 Å². The molecule has 1 fully saturated rings. The fourth-order valence-corrected chi connectivity index (χ4v) is 3.22. The summed E-state index contributed by atoms with van der Waals surface area (Å²) in [7, 11) is 0. The van der Waals surface area contributed by atoms with Gasteiger partial charge in [-0.25, -0.2) is 0 Å². The number of piperidine rings is 1. The minimum absolute atomic E-state index is 0.217. The van der Waals surface area contributed by atoms with E-state index in [0.717, 1.165) is 38.8 Å². The van der Waals surface area contributed by atoms with E-state index in [2.05, 4.69) is 12.2 Å².